The van der Waals surface area contributed by atoms with Crippen LogP contribution in [0.1, 0.15) is 51.9 Å². The third kappa shape index (κ3) is 4.13. The van der Waals surface area contributed by atoms with Gasteiger partial charge in [0.1, 0.15) is 0 Å². The van der Waals surface area contributed by atoms with Crippen LogP contribution in [0.25, 0.3) is 0 Å². The number of hydrogen-bond donors (Lipinski definition) is 1. The third-order valence-corrected chi connectivity index (χ3v) is 3.70. The van der Waals surface area contributed by atoms with Crippen LogP contribution in [0.5, 0.6) is 0 Å². The highest BCUT2D eigenvalue weighted by atomic mass is 15.3. The Morgan fingerprint density at radius 3 is 2.56 bits per heavy atom. The zero-order valence-electron chi connectivity index (χ0n) is 12.7. The molecule has 1 heterocycles. The predicted molar refractivity (Wildman–Crippen MR) is 77.9 cm³/mol. The second-order valence-electron chi connectivity index (χ2n) is 5.33. The quantitative estimate of drug-likeness (QED) is 0.769. The van der Waals surface area contributed by atoms with E-state index in [1.165, 1.54) is 24.2 Å². The molecule has 1 aromatic heterocycles. The van der Waals surface area contributed by atoms with E-state index >= 15 is 0 Å². The second-order valence-corrected chi connectivity index (χ2v) is 5.33. The summed E-state index contributed by atoms with van der Waals surface area (Å²) in [5.74, 6) is 0.706. The highest BCUT2D eigenvalue weighted by molar-refractivity contribution is 5.10. The highest BCUT2D eigenvalue weighted by Crippen LogP contribution is 2.13. The maximum absolute atomic E-state index is 4.60. The van der Waals surface area contributed by atoms with Crippen LogP contribution in [0.2, 0.25) is 0 Å². The molecule has 0 saturated carbocycles. The lowest BCUT2D eigenvalue weighted by Crippen LogP contribution is -2.30. The number of rotatable bonds is 8. The lowest BCUT2D eigenvalue weighted by molar-refractivity contribution is 0.391. The van der Waals surface area contributed by atoms with Gasteiger partial charge in [0.25, 0.3) is 0 Å². The molecule has 0 radical (unpaired) electrons. The molecular weight excluding hydrogens is 222 g/mol. The number of hydrogen-bond acceptors (Lipinski definition) is 2. The smallest absolute Gasteiger partial charge is 0.0624 e. The van der Waals surface area contributed by atoms with Crippen molar-refractivity contribution in [3.63, 3.8) is 0 Å². The summed E-state index contributed by atoms with van der Waals surface area (Å²) in [5, 5.41) is 8.01. The molecule has 0 aliphatic heterocycles. The summed E-state index contributed by atoms with van der Waals surface area (Å²) in [6.07, 6.45) is 4.65. The summed E-state index contributed by atoms with van der Waals surface area (Å²) in [6.45, 7) is 9.89. The Kier molecular flexibility index (Phi) is 6.41. The molecule has 0 fully saturated rings. The monoisotopic (exact) mass is 251 g/mol. The lowest BCUT2D eigenvalue weighted by Gasteiger charge is -2.19. The topological polar surface area (TPSA) is 29.9 Å². The summed E-state index contributed by atoms with van der Waals surface area (Å²) < 4.78 is 2.16. The van der Waals surface area contributed by atoms with E-state index in [1.54, 1.807) is 0 Å². The van der Waals surface area contributed by atoms with Gasteiger partial charge in [-0.15, -0.1) is 0 Å². The maximum Gasteiger partial charge on any atom is 0.0624 e. The molecule has 0 aliphatic carbocycles. The largest absolute Gasteiger partial charge is 0.317 e. The van der Waals surface area contributed by atoms with Crippen molar-refractivity contribution in [2.24, 2.45) is 5.92 Å². The van der Waals surface area contributed by atoms with Gasteiger partial charge >= 0.3 is 0 Å². The lowest BCUT2D eigenvalue weighted by atomic mass is 9.98. The molecule has 18 heavy (non-hydrogen) atoms. The number of aryl methyl sites for hydroxylation is 3. The summed E-state index contributed by atoms with van der Waals surface area (Å²) in [6, 6.07) is 2.90. The van der Waals surface area contributed by atoms with Crippen molar-refractivity contribution < 1.29 is 0 Å². The number of nitrogens with zero attached hydrogens (tertiary/aromatic N) is 2. The van der Waals surface area contributed by atoms with Gasteiger partial charge in [-0.05, 0) is 51.6 Å². The fourth-order valence-corrected chi connectivity index (χ4v) is 2.48. The van der Waals surface area contributed by atoms with E-state index in [1.807, 2.05) is 0 Å². The van der Waals surface area contributed by atoms with Gasteiger partial charge in [0.2, 0.25) is 0 Å². The van der Waals surface area contributed by atoms with Crippen LogP contribution >= 0.6 is 0 Å². The first-order valence-electron chi connectivity index (χ1n) is 7.35. The zero-order valence-corrected chi connectivity index (χ0v) is 12.7. The molecule has 1 atom stereocenters. The van der Waals surface area contributed by atoms with Gasteiger partial charge in [0, 0.05) is 18.3 Å². The van der Waals surface area contributed by atoms with Crippen LogP contribution in [0.4, 0.5) is 0 Å². The maximum atomic E-state index is 4.60. The van der Waals surface area contributed by atoms with E-state index in [9.17, 15) is 0 Å². The van der Waals surface area contributed by atoms with Crippen molar-refractivity contribution in [3.8, 4) is 0 Å². The molecule has 3 nitrogen and oxygen atoms in total. The van der Waals surface area contributed by atoms with Crippen molar-refractivity contribution >= 4 is 0 Å². The fraction of sp³-hybridized carbons (Fsp3) is 0.800. The summed E-state index contributed by atoms with van der Waals surface area (Å²) in [5.41, 5.74) is 2.62. The van der Waals surface area contributed by atoms with Gasteiger partial charge in [-0.25, -0.2) is 0 Å². The van der Waals surface area contributed by atoms with Gasteiger partial charge in [0.05, 0.1) is 5.69 Å². The first-order chi connectivity index (χ1) is 8.62. The normalized spacial score (nSPS) is 13.2. The van der Waals surface area contributed by atoms with Crippen molar-refractivity contribution in [1.29, 1.82) is 0 Å². The second kappa shape index (κ2) is 7.57. The predicted octanol–water partition coefficient (Wildman–Crippen LogP) is 3.03. The number of aromatic nitrogens is 2. The van der Waals surface area contributed by atoms with Crippen molar-refractivity contribution in [2.75, 3.05) is 7.05 Å². The molecule has 1 rings (SSSR count). The average Bonchev–Trinajstić information content (AvgIpc) is 2.76. The molecule has 0 aliphatic rings. The zero-order chi connectivity index (χ0) is 13.5. The summed E-state index contributed by atoms with van der Waals surface area (Å²) in [4.78, 5) is 0. The van der Waals surface area contributed by atoms with E-state index in [0.29, 0.717) is 12.0 Å². The standard InChI is InChI=1S/C15H29N3/c1-6-13-11-14(18(7-2)17-13)9-8-10-15(16-5)12(3)4/h11-12,15-16H,6-10H2,1-5H3. The third-order valence-electron chi connectivity index (χ3n) is 3.70. The molecule has 1 unspecified atom stereocenters. The minimum atomic E-state index is 0.633. The van der Waals surface area contributed by atoms with E-state index in [4.69, 9.17) is 0 Å². The SMILES string of the molecule is CCc1cc(CCCC(NC)C(C)C)n(CC)n1. The van der Waals surface area contributed by atoms with Crippen LogP contribution in [0, 0.1) is 5.92 Å². The molecule has 0 spiro atoms. The van der Waals surface area contributed by atoms with E-state index < -0.39 is 0 Å². The molecule has 0 bridgehead atoms. The van der Waals surface area contributed by atoms with Crippen molar-refractivity contribution in [3.05, 3.63) is 17.5 Å². The van der Waals surface area contributed by atoms with E-state index in [-0.39, 0.29) is 0 Å². The van der Waals surface area contributed by atoms with Crippen LogP contribution in [-0.2, 0) is 19.4 Å². The molecule has 0 saturated heterocycles. The molecular formula is C15H29N3. The highest BCUT2D eigenvalue weighted by Gasteiger charge is 2.11. The Bertz CT molecular complexity index is 342. The molecule has 0 aromatic carbocycles. The van der Waals surface area contributed by atoms with Gasteiger partial charge in [-0.2, -0.15) is 5.10 Å². The average molecular weight is 251 g/mol. The van der Waals surface area contributed by atoms with Gasteiger partial charge in [0.15, 0.2) is 0 Å². The van der Waals surface area contributed by atoms with Crippen molar-refractivity contribution in [2.45, 2.75) is 66.0 Å². The Morgan fingerprint density at radius 1 is 1.33 bits per heavy atom. The van der Waals surface area contributed by atoms with Crippen LogP contribution in [0.15, 0.2) is 6.07 Å². The van der Waals surface area contributed by atoms with Crippen LogP contribution in [-0.4, -0.2) is 22.9 Å². The summed E-state index contributed by atoms with van der Waals surface area (Å²) in [7, 11) is 2.07. The van der Waals surface area contributed by atoms with Crippen LogP contribution < -0.4 is 5.32 Å². The van der Waals surface area contributed by atoms with Crippen LogP contribution in [0.3, 0.4) is 0 Å². The first kappa shape index (κ1) is 15.2. The molecule has 0 amide bonds. The fourth-order valence-electron chi connectivity index (χ4n) is 2.48. The van der Waals surface area contributed by atoms with Gasteiger partial charge in [-0.3, -0.25) is 4.68 Å². The first-order valence-corrected chi connectivity index (χ1v) is 7.35. The Labute approximate surface area is 112 Å². The van der Waals surface area contributed by atoms with Crippen molar-refractivity contribution in [1.82, 2.24) is 15.1 Å². The van der Waals surface area contributed by atoms with Gasteiger partial charge in [-0.1, -0.05) is 20.8 Å². The molecule has 1 N–H and O–H groups in total. The minimum absolute atomic E-state index is 0.633. The van der Waals surface area contributed by atoms with E-state index in [2.05, 4.69) is 55.9 Å². The molecule has 3 heteroatoms. The Morgan fingerprint density at radius 2 is 2.06 bits per heavy atom. The molecule has 1 aromatic rings. The Balaban J connectivity index is 2.50. The van der Waals surface area contributed by atoms with Gasteiger partial charge < -0.3 is 5.32 Å². The van der Waals surface area contributed by atoms with E-state index in [0.717, 1.165) is 19.4 Å². The molecule has 104 valence electrons. The Hall–Kier alpha value is -0.830. The number of nitrogens with one attached hydrogen (secondary N) is 1. The summed E-state index contributed by atoms with van der Waals surface area (Å²) >= 11 is 0. The minimum Gasteiger partial charge on any atom is -0.317 e.